The summed E-state index contributed by atoms with van der Waals surface area (Å²) >= 11 is 5.76. The Morgan fingerprint density at radius 2 is 1.90 bits per heavy atom. The van der Waals surface area contributed by atoms with Gasteiger partial charge in [-0.15, -0.1) is 11.6 Å². The van der Waals surface area contributed by atoms with Crippen LogP contribution in [-0.2, 0) is 11.3 Å². The predicted octanol–water partition coefficient (Wildman–Crippen LogP) is 4.92. The third-order valence-electron chi connectivity index (χ3n) is 3.16. The van der Waals surface area contributed by atoms with E-state index in [1.807, 2.05) is 30.3 Å². The first kappa shape index (κ1) is 15.6. The molecule has 0 atom stereocenters. The van der Waals surface area contributed by atoms with Gasteiger partial charge in [-0.05, 0) is 29.2 Å². The molecule has 1 heterocycles. The Morgan fingerprint density at radius 3 is 2.43 bits per heavy atom. The molecule has 0 N–H and O–H groups in total. The fourth-order valence-electron chi connectivity index (χ4n) is 1.97. The van der Waals surface area contributed by atoms with Gasteiger partial charge < -0.3 is 9.47 Å². The Balaban J connectivity index is 2.34. The maximum absolute atomic E-state index is 5.93. The average molecular weight is 306 g/mol. The van der Waals surface area contributed by atoms with Crippen molar-refractivity contribution in [3.8, 4) is 17.4 Å². The Labute approximate surface area is 130 Å². The van der Waals surface area contributed by atoms with Crippen LogP contribution in [0.15, 0.2) is 36.5 Å². The van der Waals surface area contributed by atoms with Crippen LogP contribution in [-0.4, -0.2) is 12.1 Å². The summed E-state index contributed by atoms with van der Waals surface area (Å²) in [5.41, 5.74) is 1.99. The number of rotatable bonds is 4. The molecule has 0 aliphatic carbocycles. The minimum atomic E-state index is -0.0556. The van der Waals surface area contributed by atoms with Crippen LogP contribution < -0.4 is 9.47 Å². The van der Waals surface area contributed by atoms with E-state index in [1.165, 1.54) is 0 Å². The first-order valence-electron chi connectivity index (χ1n) is 6.81. The molecular formula is C17H20ClNO2. The summed E-state index contributed by atoms with van der Waals surface area (Å²) in [4.78, 5) is 4.27. The van der Waals surface area contributed by atoms with Crippen molar-refractivity contribution in [2.75, 3.05) is 7.11 Å². The van der Waals surface area contributed by atoms with Crippen molar-refractivity contribution in [3.05, 3.63) is 47.7 Å². The Kier molecular flexibility index (Phi) is 4.73. The first-order chi connectivity index (χ1) is 9.94. The molecule has 2 rings (SSSR count). The zero-order valence-electron chi connectivity index (χ0n) is 12.8. The second-order valence-electron chi connectivity index (χ2n) is 5.85. The van der Waals surface area contributed by atoms with E-state index in [2.05, 4.69) is 25.8 Å². The summed E-state index contributed by atoms with van der Waals surface area (Å²) in [5.74, 6) is 2.61. The number of hydrogen-bond donors (Lipinski definition) is 0. The van der Waals surface area contributed by atoms with Gasteiger partial charge in [0.05, 0.1) is 7.11 Å². The summed E-state index contributed by atoms with van der Waals surface area (Å²) in [6, 6.07) is 9.54. The zero-order valence-corrected chi connectivity index (χ0v) is 13.6. The SMILES string of the molecule is COc1ccc(Oc2ccc(CCl)cn2)c(C(C)(C)C)c1. The number of methoxy groups -OCH3 is 1. The molecule has 112 valence electrons. The zero-order chi connectivity index (χ0) is 15.5. The van der Waals surface area contributed by atoms with Gasteiger partial charge in [-0.2, -0.15) is 0 Å². The molecule has 0 bridgehead atoms. The van der Waals surface area contributed by atoms with Crippen LogP contribution in [0, 0.1) is 0 Å². The molecule has 4 heteroatoms. The minimum absolute atomic E-state index is 0.0556. The maximum atomic E-state index is 5.93. The first-order valence-corrected chi connectivity index (χ1v) is 7.35. The highest BCUT2D eigenvalue weighted by Crippen LogP contribution is 2.36. The number of alkyl halides is 1. The van der Waals surface area contributed by atoms with E-state index in [4.69, 9.17) is 21.1 Å². The van der Waals surface area contributed by atoms with Crippen molar-refractivity contribution >= 4 is 11.6 Å². The van der Waals surface area contributed by atoms with E-state index < -0.39 is 0 Å². The van der Waals surface area contributed by atoms with Crippen LogP contribution >= 0.6 is 11.6 Å². The van der Waals surface area contributed by atoms with Gasteiger partial charge in [0.1, 0.15) is 11.5 Å². The smallest absolute Gasteiger partial charge is 0.219 e. The van der Waals surface area contributed by atoms with Gasteiger partial charge in [0.2, 0.25) is 5.88 Å². The maximum Gasteiger partial charge on any atom is 0.219 e. The molecule has 0 saturated carbocycles. The normalized spacial score (nSPS) is 11.3. The van der Waals surface area contributed by atoms with E-state index >= 15 is 0 Å². The average Bonchev–Trinajstić information content (AvgIpc) is 2.47. The molecule has 1 aromatic heterocycles. The molecule has 0 aliphatic rings. The fraction of sp³-hybridized carbons (Fsp3) is 0.353. The molecule has 0 unspecified atom stereocenters. The van der Waals surface area contributed by atoms with Gasteiger partial charge in [0, 0.05) is 23.7 Å². The van der Waals surface area contributed by atoms with E-state index in [1.54, 1.807) is 13.3 Å². The van der Waals surface area contributed by atoms with Crippen LogP contribution in [0.2, 0.25) is 0 Å². The van der Waals surface area contributed by atoms with Crippen LogP contribution in [0.1, 0.15) is 31.9 Å². The fourth-order valence-corrected chi connectivity index (χ4v) is 2.13. The van der Waals surface area contributed by atoms with Crippen molar-refractivity contribution in [2.24, 2.45) is 0 Å². The van der Waals surface area contributed by atoms with E-state index in [-0.39, 0.29) is 5.41 Å². The van der Waals surface area contributed by atoms with E-state index in [0.29, 0.717) is 11.8 Å². The topological polar surface area (TPSA) is 31.4 Å². The third-order valence-corrected chi connectivity index (χ3v) is 3.47. The van der Waals surface area contributed by atoms with Gasteiger partial charge >= 0.3 is 0 Å². The largest absolute Gasteiger partial charge is 0.497 e. The van der Waals surface area contributed by atoms with Gasteiger partial charge in [0.25, 0.3) is 0 Å². The van der Waals surface area contributed by atoms with Crippen molar-refractivity contribution in [2.45, 2.75) is 32.1 Å². The number of aromatic nitrogens is 1. The van der Waals surface area contributed by atoms with Crippen LogP contribution in [0.4, 0.5) is 0 Å². The molecule has 0 fully saturated rings. The van der Waals surface area contributed by atoms with Crippen LogP contribution in [0.3, 0.4) is 0 Å². The van der Waals surface area contributed by atoms with Crippen molar-refractivity contribution in [1.29, 1.82) is 0 Å². The lowest BCUT2D eigenvalue weighted by atomic mass is 9.86. The van der Waals surface area contributed by atoms with E-state index in [0.717, 1.165) is 22.6 Å². The number of hydrogen-bond acceptors (Lipinski definition) is 3. The highest BCUT2D eigenvalue weighted by Gasteiger charge is 2.20. The Bertz CT molecular complexity index is 603. The summed E-state index contributed by atoms with van der Waals surface area (Å²) in [6.45, 7) is 6.41. The minimum Gasteiger partial charge on any atom is -0.497 e. The molecule has 0 radical (unpaired) electrons. The van der Waals surface area contributed by atoms with Crippen molar-refractivity contribution in [1.82, 2.24) is 4.98 Å². The number of ether oxygens (including phenoxy) is 2. The Morgan fingerprint density at radius 1 is 1.14 bits per heavy atom. The summed E-state index contributed by atoms with van der Waals surface area (Å²) in [5, 5.41) is 0. The van der Waals surface area contributed by atoms with Gasteiger partial charge in [-0.1, -0.05) is 26.8 Å². The highest BCUT2D eigenvalue weighted by atomic mass is 35.5. The predicted molar refractivity (Wildman–Crippen MR) is 85.6 cm³/mol. The number of nitrogens with zero attached hydrogens (tertiary/aromatic N) is 1. The van der Waals surface area contributed by atoms with Gasteiger partial charge in [-0.3, -0.25) is 0 Å². The van der Waals surface area contributed by atoms with E-state index in [9.17, 15) is 0 Å². The molecule has 0 amide bonds. The standard InChI is InChI=1S/C17H20ClNO2/c1-17(2,3)14-9-13(20-4)6-7-15(14)21-16-8-5-12(10-18)11-19-16/h5-9,11H,10H2,1-4H3. The van der Waals surface area contributed by atoms with Crippen LogP contribution in [0.5, 0.6) is 17.4 Å². The molecule has 21 heavy (non-hydrogen) atoms. The van der Waals surface area contributed by atoms with Crippen molar-refractivity contribution < 1.29 is 9.47 Å². The molecule has 0 spiro atoms. The molecule has 0 aliphatic heterocycles. The summed E-state index contributed by atoms with van der Waals surface area (Å²) < 4.78 is 11.2. The molecule has 0 saturated heterocycles. The quantitative estimate of drug-likeness (QED) is 0.751. The highest BCUT2D eigenvalue weighted by molar-refractivity contribution is 6.17. The van der Waals surface area contributed by atoms with Gasteiger partial charge in [0.15, 0.2) is 0 Å². The second-order valence-corrected chi connectivity index (χ2v) is 6.12. The Hall–Kier alpha value is -1.74. The molecular weight excluding hydrogens is 286 g/mol. The van der Waals surface area contributed by atoms with Gasteiger partial charge in [-0.25, -0.2) is 4.98 Å². The molecule has 2 aromatic rings. The number of pyridine rings is 1. The summed E-state index contributed by atoms with van der Waals surface area (Å²) in [6.07, 6.45) is 1.72. The number of benzene rings is 1. The van der Waals surface area contributed by atoms with Crippen LogP contribution in [0.25, 0.3) is 0 Å². The third kappa shape index (κ3) is 3.88. The van der Waals surface area contributed by atoms with Crippen molar-refractivity contribution in [3.63, 3.8) is 0 Å². The lowest BCUT2D eigenvalue weighted by Crippen LogP contribution is -2.13. The monoisotopic (exact) mass is 305 g/mol. The number of halogens is 1. The second kappa shape index (κ2) is 6.35. The molecule has 1 aromatic carbocycles. The molecule has 3 nitrogen and oxygen atoms in total. The lowest BCUT2D eigenvalue weighted by molar-refractivity contribution is 0.405. The lowest BCUT2D eigenvalue weighted by Gasteiger charge is -2.23. The summed E-state index contributed by atoms with van der Waals surface area (Å²) in [7, 11) is 1.66.